The number of rotatable bonds is 2. The molecule has 98 valence electrons. The van der Waals surface area contributed by atoms with Crippen LogP contribution in [0.25, 0.3) is 0 Å². The summed E-state index contributed by atoms with van der Waals surface area (Å²) in [6, 6.07) is 13.1. The molecule has 19 heavy (non-hydrogen) atoms. The van der Waals surface area contributed by atoms with Crippen LogP contribution in [0.5, 0.6) is 0 Å². The Morgan fingerprint density at radius 1 is 1.11 bits per heavy atom. The zero-order valence-electron chi connectivity index (χ0n) is 11.6. The Bertz CT molecular complexity index is 602. The lowest BCUT2D eigenvalue weighted by molar-refractivity contribution is 0.974. The number of benzene rings is 2. The number of hydrogen-bond acceptors (Lipinski definition) is 2. The maximum Gasteiger partial charge on any atom is 0.0440 e. The molecule has 2 aromatic carbocycles. The molecule has 2 heteroatoms. The SMILES string of the molecule is CCNc1cc(C)cc2c1CCc1ccccc1N2. The molecule has 3 rings (SSSR count). The zero-order valence-corrected chi connectivity index (χ0v) is 11.6. The average Bonchev–Trinajstić information content (AvgIpc) is 2.57. The van der Waals surface area contributed by atoms with Gasteiger partial charge >= 0.3 is 0 Å². The van der Waals surface area contributed by atoms with Crippen LogP contribution in [-0.2, 0) is 12.8 Å². The van der Waals surface area contributed by atoms with Gasteiger partial charge in [-0.1, -0.05) is 18.2 Å². The highest BCUT2D eigenvalue weighted by molar-refractivity contribution is 5.75. The molecule has 0 radical (unpaired) electrons. The van der Waals surface area contributed by atoms with E-state index in [0.717, 1.165) is 19.4 Å². The third kappa shape index (κ3) is 2.30. The van der Waals surface area contributed by atoms with Crippen LogP contribution >= 0.6 is 0 Å². The van der Waals surface area contributed by atoms with Crippen molar-refractivity contribution in [2.75, 3.05) is 17.2 Å². The summed E-state index contributed by atoms with van der Waals surface area (Å²) in [5.41, 5.74) is 7.87. The van der Waals surface area contributed by atoms with Gasteiger partial charge in [-0.3, -0.25) is 0 Å². The Morgan fingerprint density at radius 2 is 1.95 bits per heavy atom. The first-order valence-corrected chi connectivity index (χ1v) is 7.00. The molecular formula is C17H20N2. The maximum atomic E-state index is 3.60. The summed E-state index contributed by atoms with van der Waals surface area (Å²) in [6.07, 6.45) is 2.18. The van der Waals surface area contributed by atoms with Gasteiger partial charge in [0.25, 0.3) is 0 Å². The first-order valence-electron chi connectivity index (χ1n) is 7.00. The molecule has 0 atom stereocenters. The summed E-state index contributed by atoms with van der Waals surface area (Å²) in [5.74, 6) is 0. The standard InChI is InChI=1S/C17H20N2/c1-3-18-16-10-12(2)11-17-14(16)9-8-13-6-4-5-7-15(13)19-17/h4-7,10-11,18-19H,3,8-9H2,1-2H3. The van der Waals surface area contributed by atoms with Gasteiger partial charge in [0.2, 0.25) is 0 Å². The molecule has 0 bridgehead atoms. The largest absolute Gasteiger partial charge is 0.385 e. The van der Waals surface area contributed by atoms with Crippen LogP contribution in [0.3, 0.4) is 0 Å². The molecule has 2 nitrogen and oxygen atoms in total. The Balaban J connectivity index is 2.08. The Hall–Kier alpha value is -1.96. The first-order chi connectivity index (χ1) is 9.28. The minimum Gasteiger partial charge on any atom is -0.385 e. The fourth-order valence-corrected chi connectivity index (χ4v) is 2.81. The van der Waals surface area contributed by atoms with Crippen LogP contribution in [-0.4, -0.2) is 6.54 Å². The number of fused-ring (bicyclic) bond motifs is 2. The molecule has 2 aromatic rings. The molecule has 1 aliphatic heterocycles. The van der Waals surface area contributed by atoms with Crippen LogP contribution in [0.4, 0.5) is 17.1 Å². The molecule has 0 spiro atoms. The Morgan fingerprint density at radius 3 is 2.79 bits per heavy atom. The Labute approximate surface area is 114 Å². The minimum atomic E-state index is 0.961. The minimum absolute atomic E-state index is 0.961. The average molecular weight is 252 g/mol. The smallest absolute Gasteiger partial charge is 0.0440 e. The van der Waals surface area contributed by atoms with Crippen molar-refractivity contribution in [2.24, 2.45) is 0 Å². The molecular weight excluding hydrogens is 232 g/mol. The lowest BCUT2D eigenvalue weighted by atomic mass is 10.0. The maximum absolute atomic E-state index is 3.60. The summed E-state index contributed by atoms with van der Waals surface area (Å²) in [6.45, 7) is 5.26. The molecule has 0 fully saturated rings. The Kier molecular flexibility index (Phi) is 3.16. The van der Waals surface area contributed by atoms with Crippen LogP contribution < -0.4 is 10.6 Å². The summed E-state index contributed by atoms with van der Waals surface area (Å²) < 4.78 is 0. The lowest BCUT2D eigenvalue weighted by Crippen LogP contribution is -2.03. The van der Waals surface area contributed by atoms with Crippen LogP contribution in [0.2, 0.25) is 0 Å². The summed E-state index contributed by atoms with van der Waals surface area (Å²) in [4.78, 5) is 0. The molecule has 0 unspecified atom stereocenters. The molecule has 1 heterocycles. The van der Waals surface area contributed by atoms with E-state index in [1.165, 1.54) is 33.8 Å². The van der Waals surface area contributed by atoms with Crippen molar-refractivity contribution in [1.29, 1.82) is 0 Å². The molecule has 0 saturated heterocycles. The lowest BCUT2D eigenvalue weighted by Gasteiger charge is -2.15. The predicted octanol–water partition coefficient (Wildman–Crippen LogP) is 4.27. The third-order valence-electron chi connectivity index (χ3n) is 3.69. The topological polar surface area (TPSA) is 24.1 Å². The van der Waals surface area contributed by atoms with Crippen molar-refractivity contribution in [1.82, 2.24) is 0 Å². The molecule has 1 aliphatic rings. The number of aryl methyl sites for hydroxylation is 2. The van der Waals surface area contributed by atoms with E-state index in [9.17, 15) is 0 Å². The predicted molar refractivity (Wildman–Crippen MR) is 82.5 cm³/mol. The molecule has 0 aliphatic carbocycles. The van der Waals surface area contributed by atoms with Crippen molar-refractivity contribution in [3.63, 3.8) is 0 Å². The van der Waals surface area contributed by atoms with E-state index in [0.29, 0.717) is 0 Å². The highest BCUT2D eigenvalue weighted by atomic mass is 14.9. The van der Waals surface area contributed by atoms with Crippen molar-refractivity contribution in [2.45, 2.75) is 26.7 Å². The van der Waals surface area contributed by atoms with E-state index in [1.807, 2.05) is 0 Å². The van der Waals surface area contributed by atoms with E-state index in [2.05, 4.69) is 60.9 Å². The van der Waals surface area contributed by atoms with Gasteiger partial charge in [0.1, 0.15) is 0 Å². The number of hydrogen-bond donors (Lipinski definition) is 2. The van der Waals surface area contributed by atoms with E-state index >= 15 is 0 Å². The van der Waals surface area contributed by atoms with Crippen molar-refractivity contribution >= 4 is 17.1 Å². The van der Waals surface area contributed by atoms with Gasteiger partial charge in [-0.15, -0.1) is 0 Å². The summed E-state index contributed by atoms with van der Waals surface area (Å²) in [7, 11) is 0. The number of nitrogens with one attached hydrogen (secondary N) is 2. The molecule has 0 saturated carbocycles. The monoisotopic (exact) mass is 252 g/mol. The normalized spacial score (nSPS) is 12.9. The number of para-hydroxylation sites is 1. The van der Waals surface area contributed by atoms with Crippen molar-refractivity contribution in [3.8, 4) is 0 Å². The van der Waals surface area contributed by atoms with Gasteiger partial charge < -0.3 is 10.6 Å². The van der Waals surface area contributed by atoms with Crippen LogP contribution in [0, 0.1) is 6.92 Å². The summed E-state index contributed by atoms with van der Waals surface area (Å²) >= 11 is 0. The van der Waals surface area contributed by atoms with Gasteiger partial charge in [0.05, 0.1) is 0 Å². The number of anilines is 3. The second-order valence-electron chi connectivity index (χ2n) is 5.15. The van der Waals surface area contributed by atoms with Gasteiger partial charge in [-0.05, 0) is 61.6 Å². The van der Waals surface area contributed by atoms with E-state index in [-0.39, 0.29) is 0 Å². The van der Waals surface area contributed by atoms with E-state index < -0.39 is 0 Å². The quantitative estimate of drug-likeness (QED) is 0.834. The first kappa shape index (κ1) is 12.1. The van der Waals surface area contributed by atoms with Crippen molar-refractivity contribution < 1.29 is 0 Å². The third-order valence-corrected chi connectivity index (χ3v) is 3.69. The van der Waals surface area contributed by atoms with Crippen LogP contribution in [0.1, 0.15) is 23.6 Å². The molecule has 0 amide bonds. The van der Waals surface area contributed by atoms with E-state index in [4.69, 9.17) is 0 Å². The molecule has 0 aromatic heterocycles. The zero-order chi connectivity index (χ0) is 13.2. The highest BCUT2D eigenvalue weighted by Crippen LogP contribution is 2.34. The second kappa shape index (κ2) is 4.96. The summed E-state index contributed by atoms with van der Waals surface area (Å²) in [5, 5.41) is 7.09. The van der Waals surface area contributed by atoms with Gasteiger partial charge in [0, 0.05) is 23.6 Å². The van der Waals surface area contributed by atoms with Gasteiger partial charge in [-0.2, -0.15) is 0 Å². The second-order valence-corrected chi connectivity index (χ2v) is 5.15. The fraction of sp³-hybridized carbons (Fsp3) is 0.294. The van der Waals surface area contributed by atoms with Gasteiger partial charge in [-0.25, -0.2) is 0 Å². The molecule has 2 N–H and O–H groups in total. The van der Waals surface area contributed by atoms with Crippen LogP contribution in [0.15, 0.2) is 36.4 Å². The van der Waals surface area contributed by atoms with E-state index in [1.54, 1.807) is 0 Å². The van der Waals surface area contributed by atoms with Gasteiger partial charge in [0.15, 0.2) is 0 Å². The highest BCUT2D eigenvalue weighted by Gasteiger charge is 2.15. The van der Waals surface area contributed by atoms with Crippen molar-refractivity contribution in [3.05, 3.63) is 53.1 Å². The fourth-order valence-electron chi connectivity index (χ4n) is 2.81.